The largest absolute Gasteiger partial charge is 0.366 e. The molecule has 9 nitrogen and oxygen atoms in total. The van der Waals surface area contributed by atoms with Crippen LogP contribution in [0.3, 0.4) is 0 Å². The SMILES string of the molecule is CN(C)CCN1c2ccc([N+](=O)[O-])nc2N(CCN(C)C)c2cccnc21. The van der Waals surface area contributed by atoms with Gasteiger partial charge in [0, 0.05) is 38.4 Å². The third-order valence-electron chi connectivity index (χ3n) is 4.43. The maximum absolute atomic E-state index is 11.3. The molecule has 0 N–H and O–H groups in total. The molecule has 0 atom stereocenters. The van der Waals surface area contributed by atoms with Crippen molar-refractivity contribution in [1.29, 1.82) is 0 Å². The molecule has 0 amide bonds. The average molecular weight is 371 g/mol. The average Bonchev–Trinajstić information content (AvgIpc) is 2.63. The van der Waals surface area contributed by atoms with Crippen LogP contribution in [-0.4, -0.2) is 79.1 Å². The van der Waals surface area contributed by atoms with Gasteiger partial charge < -0.3 is 24.8 Å². The first-order valence-corrected chi connectivity index (χ1v) is 8.83. The molecule has 9 heteroatoms. The summed E-state index contributed by atoms with van der Waals surface area (Å²) in [6.45, 7) is 2.99. The van der Waals surface area contributed by atoms with E-state index in [4.69, 9.17) is 0 Å². The first kappa shape index (κ1) is 19.0. The second-order valence-electron chi connectivity index (χ2n) is 7.03. The summed E-state index contributed by atoms with van der Waals surface area (Å²) in [6, 6.07) is 7.11. The summed E-state index contributed by atoms with van der Waals surface area (Å²) in [7, 11) is 8.03. The monoisotopic (exact) mass is 371 g/mol. The number of hydrogen-bond acceptors (Lipinski definition) is 8. The van der Waals surface area contributed by atoms with E-state index in [9.17, 15) is 10.1 Å². The van der Waals surface area contributed by atoms with Gasteiger partial charge in [0.15, 0.2) is 5.82 Å². The Morgan fingerprint density at radius 2 is 1.56 bits per heavy atom. The van der Waals surface area contributed by atoms with E-state index in [1.54, 1.807) is 12.3 Å². The summed E-state index contributed by atoms with van der Waals surface area (Å²) in [6.07, 6.45) is 1.77. The Bertz CT molecular complexity index is 825. The molecule has 3 heterocycles. The van der Waals surface area contributed by atoms with E-state index in [2.05, 4.69) is 24.7 Å². The van der Waals surface area contributed by atoms with E-state index in [-0.39, 0.29) is 5.82 Å². The zero-order valence-corrected chi connectivity index (χ0v) is 16.2. The number of likely N-dealkylation sites (N-methyl/N-ethyl adjacent to an activating group) is 2. The summed E-state index contributed by atoms with van der Waals surface area (Å²) < 4.78 is 0. The van der Waals surface area contributed by atoms with Crippen molar-refractivity contribution in [1.82, 2.24) is 19.8 Å². The van der Waals surface area contributed by atoms with Crippen LogP contribution in [0, 0.1) is 10.1 Å². The van der Waals surface area contributed by atoms with Crippen molar-refractivity contribution in [2.75, 3.05) is 64.2 Å². The molecule has 2 aromatic heterocycles. The van der Waals surface area contributed by atoms with Crippen molar-refractivity contribution in [3.63, 3.8) is 0 Å². The second kappa shape index (κ2) is 7.85. The first-order valence-electron chi connectivity index (χ1n) is 8.83. The molecule has 144 valence electrons. The minimum atomic E-state index is -0.451. The molecule has 1 aliphatic rings. The van der Waals surface area contributed by atoms with E-state index in [0.717, 1.165) is 30.3 Å². The van der Waals surface area contributed by atoms with E-state index in [1.807, 2.05) is 45.2 Å². The minimum Gasteiger partial charge on any atom is -0.358 e. The van der Waals surface area contributed by atoms with E-state index >= 15 is 0 Å². The van der Waals surface area contributed by atoms with Crippen LogP contribution < -0.4 is 9.80 Å². The Morgan fingerprint density at radius 1 is 0.963 bits per heavy atom. The van der Waals surface area contributed by atoms with E-state index in [0.29, 0.717) is 18.9 Å². The summed E-state index contributed by atoms with van der Waals surface area (Å²) in [5.41, 5.74) is 1.76. The van der Waals surface area contributed by atoms with Gasteiger partial charge in [-0.2, -0.15) is 0 Å². The molecule has 0 aromatic carbocycles. The smallest absolute Gasteiger partial charge is 0.358 e. The van der Waals surface area contributed by atoms with Gasteiger partial charge in [0.1, 0.15) is 5.69 Å². The van der Waals surface area contributed by atoms with Gasteiger partial charge in [0.25, 0.3) is 5.82 Å². The first-order chi connectivity index (χ1) is 12.9. The third kappa shape index (κ3) is 3.99. The number of rotatable bonds is 7. The summed E-state index contributed by atoms with van der Waals surface area (Å²) >= 11 is 0. The number of nitro groups is 1. The quantitative estimate of drug-likeness (QED) is 0.541. The number of hydrogen-bond donors (Lipinski definition) is 0. The molecule has 3 rings (SSSR count). The highest BCUT2D eigenvalue weighted by molar-refractivity contribution is 5.89. The Kier molecular flexibility index (Phi) is 5.52. The normalized spacial score (nSPS) is 13.1. The summed E-state index contributed by atoms with van der Waals surface area (Å²) in [5.74, 6) is 1.30. The highest BCUT2D eigenvalue weighted by Gasteiger charge is 2.34. The second-order valence-corrected chi connectivity index (χ2v) is 7.03. The van der Waals surface area contributed by atoms with Gasteiger partial charge in [0.05, 0.1) is 5.69 Å². The van der Waals surface area contributed by atoms with Gasteiger partial charge in [0.2, 0.25) is 0 Å². The Morgan fingerprint density at radius 3 is 2.15 bits per heavy atom. The summed E-state index contributed by atoms with van der Waals surface area (Å²) in [4.78, 5) is 28.1. The highest BCUT2D eigenvalue weighted by Crippen LogP contribution is 2.45. The lowest BCUT2D eigenvalue weighted by Crippen LogP contribution is -2.37. The highest BCUT2D eigenvalue weighted by atomic mass is 16.6. The predicted molar refractivity (Wildman–Crippen MR) is 106 cm³/mol. The molecule has 0 saturated heterocycles. The lowest BCUT2D eigenvalue weighted by molar-refractivity contribution is -0.389. The molecule has 1 aliphatic heterocycles. The van der Waals surface area contributed by atoms with E-state index < -0.39 is 4.92 Å². The van der Waals surface area contributed by atoms with Crippen molar-refractivity contribution in [2.45, 2.75) is 0 Å². The number of pyridine rings is 2. The van der Waals surface area contributed by atoms with Gasteiger partial charge in [-0.3, -0.25) is 4.90 Å². The number of fused-ring (bicyclic) bond motifs is 2. The Balaban J connectivity index is 2.10. The van der Waals surface area contributed by atoms with Crippen LogP contribution in [0.15, 0.2) is 30.5 Å². The Hall–Kier alpha value is -2.78. The summed E-state index contributed by atoms with van der Waals surface area (Å²) in [5, 5.41) is 11.3. The molecule has 0 bridgehead atoms. The standard InChI is InChI=1S/C18H25N7O2/c1-21(2)10-12-23-15-7-8-16(25(26)27)20-18(15)24(13-11-22(3)4)14-6-5-9-19-17(14)23/h5-9H,10-13H2,1-4H3. The Labute approximate surface area is 159 Å². The molecule has 27 heavy (non-hydrogen) atoms. The van der Waals surface area contributed by atoms with Gasteiger partial charge in [-0.05, 0) is 56.3 Å². The van der Waals surface area contributed by atoms with Gasteiger partial charge in [-0.25, -0.2) is 4.98 Å². The molecule has 0 unspecified atom stereocenters. The number of aromatic nitrogens is 2. The maximum Gasteiger partial charge on any atom is 0.366 e. The number of anilines is 4. The van der Waals surface area contributed by atoms with Crippen molar-refractivity contribution in [3.8, 4) is 0 Å². The van der Waals surface area contributed by atoms with Crippen molar-refractivity contribution in [2.24, 2.45) is 0 Å². The van der Waals surface area contributed by atoms with Crippen LogP contribution in [0.25, 0.3) is 0 Å². The lowest BCUT2D eigenvalue weighted by atomic mass is 10.2. The molecule has 0 radical (unpaired) electrons. The molecule has 0 fully saturated rings. The van der Waals surface area contributed by atoms with Crippen LogP contribution in [0.5, 0.6) is 0 Å². The van der Waals surface area contributed by atoms with Crippen LogP contribution in [0.2, 0.25) is 0 Å². The van der Waals surface area contributed by atoms with Crippen molar-refractivity contribution in [3.05, 3.63) is 40.6 Å². The fourth-order valence-corrected chi connectivity index (χ4v) is 3.03. The molecular weight excluding hydrogens is 346 g/mol. The van der Waals surface area contributed by atoms with E-state index in [1.165, 1.54) is 6.07 Å². The topological polar surface area (TPSA) is 81.9 Å². The van der Waals surface area contributed by atoms with Gasteiger partial charge in [-0.15, -0.1) is 0 Å². The van der Waals surface area contributed by atoms with Gasteiger partial charge >= 0.3 is 5.82 Å². The molecule has 0 spiro atoms. The lowest BCUT2D eigenvalue weighted by Gasteiger charge is -2.37. The fourth-order valence-electron chi connectivity index (χ4n) is 3.03. The molecular formula is C18H25N7O2. The number of nitrogens with zero attached hydrogens (tertiary/aromatic N) is 7. The molecule has 0 aliphatic carbocycles. The van der Waals surface area contributed by atoms with Crippen molar-refractivity contribution >= 4 is 28.8 Å². The zero-order valence-electron chi connectivity index (χ0n) is 16.2. The third-order valence-corrected chi connectivity index (χ3v) is 4.43. The minimum absolute atomic E-state index is 0.150. The predicted octanol–water partition coefficient (Wildman–Crippen LogP) is 2.10. The van der Waals surface area contributed by atoms with Crippen LogP contribution in [0.1, 0.15) is 0 Å². The van der Waals surface area contributed by atoms with Crippen LogP contribution in [0.4, 0.5) is 28.8 Å². The maximum atomic E-state index is 11.3. The zero-order chi connectivity index (χ0) is 19.6. The van der Waals surface area contributed by atoms with Gasteiger partial charge in [-0.1, -0.05) is 0 Å². The fraction of sp³-hybridized carbons (Fsp3) is 0.444. The van der Waals surface area contributed by atoms with Crippen molar-refractivity contribution < 1.29 is 4.92 Å². The molecule has 0 saturated carbocycles. The van der Waals surface area contributed by atoms with Crippen LogP contribution in [-0.2, 0) is 0 Å². The van der Waals surface area contributed by atoms with Crippen LogP contribution >= 0.6 is 0 Å². The molecule has 2 aromatic rings.